The van der Waals surface area contributed by atoms with E-state index in [1.54, 1.807) is 0 Å². The Morgan fingerprint density at radius 3 is 1.65 bits per heavy atom. The second-order valence-electron chi connectivity index (χ2n) is 6.09. The average molecular weight is 325 g/mol. The molecule has 0 bridgehead atoms. The lowest BCUT2D eigenvalue weighted by Crippen LogP contribution is -1.99. The van der Waals surface area contributed by atoms with Crippen molar-refractivity contribution in [1.82, 2.24) is 0 Å². The maximum Gasteiger partial charge on any atom is 0.146 e. The number of ether oxygens (including phenoxy) is 2. The number of hydrogen-bond acceptors (Lipinski definition) is 2. The first-order chi connectivity index (χ1) is 11.4. The fourth-order valence-corrected chi connectivity index (χ4v) is 2.38. The zero-order valence-corrected chi connectivity index (χ0v) is 15.7. The van der Waals surface area contributed by atoms with E-state index in [2.05, 4.69) is 31.2 Å². The predicted molar refractivity (Wildman–Crippen MR) is 102 cm³/mol. The fraction of sp³-hybridized carbons (Fsp3) is 0.810. The molecule has 2 nitrogen and oxygen atoms in total. The highest BCUT2D eigenvalue weighted by molar-refractivity contribution is 4.81. The van der Waals surface area contributed by atoms with Crippen LogP contribution in [0.5, 0.6) is 0 Å². The molecule has 0 spiro atoms. The number of unbranched alkanes of at least 4 members (excludes halogenated alkanes) is 9. The van der Waals surface area contributed by atoms with Crippen LogP contribution in [0.3, 0.4) is 0 Å². The van der Waals surface area contributed by atoms with E-state index in [0.29, 0.717) is 6.79 Å². The smallest absolute Gasteiger partial charge is 0.146 e. The average Bonchev–Trinajstić information content (AvgIpc) is 2.57. The van der Waals surface area contributed by atoms with Gasteiger partial charge in [-0.1, -0.05) is 69.8 Å². The maximum atomic E-state index is 5.31. The molecule has 0 unspecified atom stereocenters. The molecule has 0 radical (unpaired) electrons. The zero-order chi connectivity index (χ0) is 16.8. The normalized spacial score (nSPS) is 11.9. The Kier molecular flexibility index (Phi) is 20.8. The van der Waals surface area contributed by atoms with Crippen molar-refractivity contribution in [2.75, 3.05) is 20.0 Å². The van der Waals surface area contributed by atoms with Crippen molar-refractivity contribution in [1.29, 1.82) is 0 Å². The minimum Gasteiger partial charge on any atom is -0.356 e. The van der Waals surface area contributed by atoms with Gasteiger partial charge in [-0.3, -0.25) is 0 Å². The number of allylic oxidation sites excluding steroid dienone is 3. The third-order valence-corrected chi connectivity index (χ3v) is 3.85. The molecule has 0 aliphatic carbocycles. The minimum atomic E-state index is 0.429. The van der Waals surface area contributed by atoms with Crippen LogP contribution in [0.2, 0.25) is 0 Å². The Balaban J connectivity index is 3.08. The molecule has 0 saturated heterocycles. The van der Waals surface area contributed by atoms with Gasteiger partial charge < -0.3 is 9.47 Å². The van der Waals surface area contributed by atoms with Gasteiger partial charge in [0.25, 0.3) is 0 Å². The first kappa shape index (κ1) is 22.4. The summed E-state index contributed by atoms with van der Waals surface area (Å²) in [5.74, 6) is 0. The van der Waals surface area contributed by atoms with Gasteiger partial charge in [-0.25, -0.2) is 0 Å². The van der Waals surface area contributed by atoms with Gasteiger partial charge in [-0.2, -0.15) is 0 Å². The van der Waals surface area contributed by atoms with Crippen LogP contribution >= 0.6 is 0 Å². The van der Waals surface area contributed by atoms with Gasteiger partial charge in [0.2, 0.25) is 0 Å². The quantitative estimate of drug-likeness (QED) is 0.157. The first-order valence-corrected chi connectivity index (χ1v) is 9.87. The fourth-order valence-electron chi connectivity index (χ4n) is 2.38. The highest BCUT2D eigenvalue weighted by Crippen LogP contribution is 2.09. The molecule has 0 aliphatic rings. The van der Waals surface area contributed by atoms with E-state index in [0.717, 1.165) is 19.6 Å². The van der Waals surface area contributed by atoms with E-state index in [9.17, 15) is 0 Å². The van der Waals surface area contributed by atoms with E-state index in [4.69, 9.17) is 9.47 Å². The summed E-state index contributed by atoms with van der Waals surface area (Å²) in [6, 6.07) is 0. The van der Waals surface area contributed by atoms with Crippen molar-refractivity contribution in [3.63, 3.8) is 0 Å². The van der Waals surface area contributed by atoms with Gasteiger partial charge in [0.05, 0.1) is 6.61 Å². The summed E-state index contributed by atoms with van der Waals surface area (Å²) in [6.07, 6.45) is 24.9. The van der Waals surface area contributed by atoms with Crippen molar-refractivity contribution in [3.8, 4) is 0 Å². The SMILES string of the molecule is CCCC/C=C\CCCCCCCC/C=C/CCOCOCC. The summed E-state index contributed by atoms with van der Waals surface area (Å²) in [4.78, 5) is 0. The van der Waals surface area contributed by atoms with Crippen LogP contribution in [0.4, 0.5) is 0 Å². The molecule has 0 N–H and O–H groups in total. The Morgan fingerprint density at radius 2 is 1.09 bits per heavy atom. The Labute approximate surface area is 145 Å². The van der Waals surface area contributed by atoms with E-state index in [1.165, 1.54) is 70.6 Å². The third kappa shape index (κ3) is 21.4. The van der Waals surface area contributed by atoms with E-state index in [-0.39, 0.29) is 0 Å². The molecule has 23 heavy (non-hydrogen) atoms. The van der Waals surface area contributed by atoms with Crippen LogP contribution in [0.15, 0.2) is 24.3 Å². The Hall–Kier alpha value is -0.600. The lowest BCUT2D eigenvalue weighted by atomic mass is 10.1. The highest BCUT2D eigenvalue weighted by atomic mass is 16.7. The largest absolute Gasteiger partial charge is 0.356 e. The van der Waals surface area contributed by atoms with Crippen molar-refractivity contribution < 1.29 is 9.47 Å². The molecule has 0 amide bonds. The molecule has 0 aromatic heterocycles. The molecular weight excluding hydrogens is 284 g/mol. The van der Waals surface area contributed by atoms with Crippen LogP contribution < -0.4 is 0 Å². The van der Waals surface area contributed by atoms with Gasteiger partial charge in [0.1, 0.15) is 6.79 Å². The summed E-state index contributed by atoms with van der Waals surface area (Å²) in [5, 5.41) is 0. The molecule has 2 heteroatoms. The van der Waals surface area contributed by atoms with Crippen molar-refractivity contribution in [3.05, 3.63) is 24.3 Å². The molecule has 136 valence electrons. The van der Waals surface area contributed by atoms with Crippen molar-refractivity contribution >= 4 is 0 Å². The van der Waals surface area contributed by atoms with E-state index < -0.39 is 0 Å². The topological polar surface area (TPSA) is 18.5 Å². The van der Waals surface area contributed by atoms with E-state index >= 15 is 0 Å². The minimum absolute atomic E-state index is 0.429. The van der Waals surface area contributed by atoms with Crippen LogP contribution in [-0.2, 0) is 9.47 Å². The van der Waals surface area contributed by atoms with Crippen molar-refractivity contribution in [2.24, 2.45) is 0 Å². The summed E-state index contributed by atoms with van der Waals surface area (Å²) in [6.45, 7) is 6.16. The lowest BCUT2D eigenvalue weighted by Gasteiger charge is -2.01. The van der Waals surface area contributed by atoms with Gasteiger partial charge in [-0.15, -0.1) is 0 Å². The first-order valence-electron chi connectivity index (χ1n) is 9.87. The Bertz CT molecular complexity index is 259. The van der Waals surface area contributed by atoms with Crippen LogP contribution in [-0.4, -0.2) is 20.0 Å². The molecule has 0 aliphatic heterocycles. The monoisotopic (exact) mass is 324 g/mol. The summed E-state index contributed by atoms with van der Waals surface area (Å²) in [7, 11) is 0. The molecule has 0 aromatic carbocycles. The number of rotatable bonds is 18. The Morgan fingerprint density at radius 1 is 0.565 bits per heavy atom. The van der Waals surface area contributed by atoms with Gasteiger partial charge in [-0.05, 0) is 45.4 Å². The molecule has 0 aromatic rings. The summed E-state index contributed by atoms with van der Waals surface area (Å²) >= 11 is 0. The van der Waals surface area contributed by atoms with Crippen LogP contribution in [0, 0.1) is 0 Å². The molecular formula is C21H40O2. The third-order valence-electron chi connectivity index (χ3n) is 3.85. The van der Waals surface area contributed by atoms with Gasteiger partial charge >= 0.3 is 0 Å². The zero-order valence-electron chi connectivity index (χ0n) is 15.7. The van der Waals surface area contributed by atoms with Gasteiger partial charge in [0, 0.05) is 6.61 Å². The molecule has 0 atom stereocenters. The summed E-state index contributed by atoms with van der Waals surface area (Å²) in [5.41, 5.74) is 0. The van der Waals surface area contributed by atoms with Gasteiger partial charge in [0.15, 0.2) is 0 Å². The van der Waals surface area contributed by atoms with Crippen LogP contribution in [0.25, 0.3) is 0 Å². The van der Waals surface area contributed by atoms with E-state index in [1.807, 2.05) is 6.92 Å². The summed E-state index contributed by atoms with van der Waals surface area (Å²) < 4.78 is 10.4. The lowest BCUT2D eigenvalue weighted by molar-refractivity contribution is -0.0476. The molecule has 0 saturated carbocycles. The van der Waals surface area contributed by atoms with Crippen LogP contribution in [0.1, 0.15) is 90.9 Å². The predicted octanol–water partition coefficient (Wildman–Crippen LogP) is 6.81. The van der Waals surface area contributed by atoms with Crippen molar-refractivity contribution in [2.45, 2.75) is 90.9 Å². The highest BCUT2D eigenvalue weighted by Gasteiger charge is 1.90. The molecule has 0 fully saturated rings. The second kappa shape index (κ2) is 21.4. The molecule has 0 rings (SSSR count). The standard InChI is InChI=1S/C21H40O2/c1-3-5-6-7-8-9-10-11-12-13-14-15-16-17-18-19-20-23-21-22-4-2/h7-8,17-18H,3-6,9-16,19-21H2,1-2H3/b8-7-,18-17+. The maximum absolute atomic E-state index is 5.31. The second-order valence-corrected chi connectivity index (χ2v) is 6.09. The molecule has 0 heterocycles. The number of hydrogen-bond donors (Lipinski definition) is 0.